The first-order chi connectivity index (χ1) is 16.4. The number of hydrogen-bond acceptors (Lipinski definition) is 5. The molecule has 0 saturated carbocycles. The molecule has 3 aromatic rings. The van der Waals surface area contributed by atoms with Crippen molar-refractivity contribution in [3.05, 3.63) is 94.8 Å². The molecule has 0 aromatic heterocycles. The lowest BCUT2D eigenvalue weighted by Crippen LogP contribution is -2.29. The van der Waals surface area contributed by atoms with Crippen molar-refractivity contribution in [2.45, 2.75) is 19.9 Å². The maximum Gasteiger partial charge on any atom is 0.300 e. The Kier molecular flexibility index (Phi) is 6.36. The topological polar surface area (TPSA) is 76.1 Å². The van der Waals surface area contributed by atoms with Gasteiger partial charge in [0.15, 0.2) is 0 Å². The molecule has 1 amide bonds. The average Bonchev–Trinajstić information content (AvgIpc) is 3.10. The molecule has 1 atom stereocenters. The fourth-order valence-corrected chi connectivity index (χ4v) is 4.12. The van der Waals surface area contributed by atoms with Crippen LogP contribution in [0, 0.1) is 12.7 Å². The molecule has 1 aliphatic heterocycles. The number of ether oxygens (including phenoxy) is 2. The van der Waals surface area contributed by atoms with Crippen LogP contribution in [0.5, 0.6) is 11.5 Å². The number of methoxy groups -OCH3 is 1. The van der Waals surface area contributed by atoms with E-state index in [0.29, 0.717) is 29.4 Å². The number of nitrogens with zero attached hydrogens (tertiary/aromatic N) is 1. The predicted molar refractivity (Wildman–Crippen MR) is 127 cm³/mol. The van der Waals surface area contributed by atoms with E-state index in [2.05, 4.69) is 0 Å². The number of amides is 1. The highest BCUT2D eigenvalue weighted by Crippen LogP contribution is 2.43. The molecule has 174 valence electrons. The highest BCUT2D eigenvalue weighted by atomic mass is 19.1. The van der Waals surface area contributed by atoms with Gasteiger partial charge in [-0.2, -0.15) is 0 Å². The van der Waals surface area contributed by atoms with Gasteiger partial charge in [-0.1, -0.05) is 24.3 Å². The van der Waals surface area contributed by atoms with Crippen LogP contribution in [0.3, 0.4) is 0 Å². The summed E-state index contributed by atoms with van der Waals surface area (Å²) in [6.07, 6.45) is 0. The van der Waals surface area contributed by atoms with Crippen molar-refractivity contribution in [3.8, 4) is 11.5 Å². The molecule has 34 heavy (non-hydrogen) atoms. The van der Waals surface area contributed by atoms with Gasteiger partial charge in [0.05, 0.1) is 25.3 Å². The van der Waals surface area contributed by atoms with Gasteiger partial charge in [0.25, 0.3) is 11.7 Å². The second-order valence-electron chi connectivity index (χ2n) is 7.81. The summed E-state index contributed by atoms with van der Waals surface area (Å²) >= 11 is 0. The Bertz CT molecular complexity index is 1300. The largest absolute Gasteiger partial charge is 0.507 e. The molecule has 7 heteroatoms. The number of carbonyl (C=O) groups is 2. The molecule has 4 rings (SSSR count). The number of benzene rings is 3. The maximum atomic E-state index is 15.0. The van der Waals surface area contributed by atoms with Crippen molar-refractivity contribution in [1.29, 1.82) is 0 Å². The number of hydrogen-bond donors (Lipinski definition) is 1. The second-order valence-corrected chi connectivity index (χ2v) is 7.81. The normalized spacial score (nSPS) is 17.2. The summed E-state index contributed by atoms with van der Waals surface area (Å²) in [5.41, 5.74) is 1.31. The zero-order valence-electron chi connectivity index (χ0n) is 19.0. The van der Waals surface area contributed by atoms with Crippen molar-refractivity contribution in [3.63, 3.8) is 0 Å². The van der Waals surface area contributed by atoms with Gasteiger partial charge >= 0.3 is 0 Å². The zero-order valence-corrected chi connectivity index (χ0v) is 19.0. The molecule has 1 heterocycles. The summed E-state index contributed by atoms with van der Waals surface area (Å²) in [6, 6.07) is 16.2. The van der Waals surface area contributed by atoms with Crippen LogP contribution in [-0.4, -0.2) is 30.5 Å². The minimum atomic E-state index is -1.17. The maximum absolute atomic E-state index is 15.0. The summed E-state index contributed by atoms with van der Waals surface area (Å²) in [5, 5.41) is 11.2. The van der Waals surface area contributed by atoms with E-state index < -0.39 is 23.5 Å². The van der Waals surface area contributed by atoms with Crippen molar-refractivity contribution in [2.24, 2.45) is 0 Å². The Morgan fingerprint density at radius 3 is 2.50 bits per heavy atom. The van der Waals surface area contributed by atoms with Gasteiger partial charge in [-0.3, -0.25) is 14.5 Å². The Hall–Kier alpha value is -4.13. The number of carbonyl (C=O) groups excluding carboxylic acids is 2. The van der Waals surface area contributed by atoms with Crippen molar-refractivity contribution < 1.29 is 28.6 Å². The van der Waals surface area contributed by atoms with E-state index in [1.54, 1.807) is 48.5 Å². The van der Waals surface area contributed by atoms with E-state index in [-0.39, 0.29) is 16.9 Å². The van der Waals surface area contributed by atoms with Crippen LogP contribution in [0.4, 0.5) is 10.1 Å². The number of aliphatic hydroxyl groups excluding tert-OH is 1. The number of halogens is 1. The molecule has 0 radical (unpaired) electrons. The summed E-state index contributed by atoms with van der Waals surface area (Å²) in [6.45, 7) is 4.15. The summed E-state index contributed by atoms with van der Waals surface area (Å²) in [5.74, 6) is -1.65. The molecule has 1 saturated heterocycles. The number of ketones is 1. The lowest BCUT2D eigenvalue weighted by atomic mass is 9.94. The first-order valence-electron chi connectivity index (χ1n) is 10.8. The van der Waals surface area contributed by atoms with Crippen LogP contribution in [0.1, 0.15) is 29.7 Å². The molecular weight excluding hydrogens is 437 g/mol. The Morgan fingerprint density at radius 2 is 1.82 bits per heavy atom. The minimum absolute atomic E-state index is 0.0914. The van der Waals surface area contributed by atoms with Gasteiger partial charge in [-0.05, 0) is 55.8 Å². The number of aryl methyl sites for hydroxylation is 1. The lowest BCUT2D eigenvalue weighted by Gasteiger charge is -2.26. The molecule has 0 spiro atoms. The predicted octanol–water partition coefficient (Wildman–Crippen LogP) is 5.17. The van der Waals surface area contributed by atoms with E-state index in [0.717, 1.165) is 5.56 Å². The van der Waals surface area contributed by atoms with Crippen LogP contribution in [0.25, 0.3) is 5.76 Å². The summed E-state index contributed by atoms with van der Waals surface area (Å²) < 4.78 is 25.8. The van der Waals surface area contributed by atoms with Gasteiger partial charge in [0.2, 0.25) is 0 Å². The molecule has 1 aliphatic rings. The van der Waals surface area contributed by atoms with Crippen molar-refractivity contribution in [2.75, 3.05) is 18.6 Å². The first-order valence-corrected chi connectivity index (χ1v) is 10.8. The van der Waals surface area contributed by atoms with Crippen molar-refractivity contribution in [1.82, 2.24) is 0 Å². The third-order valence-electron chi connectivity index (χ3n) is 5.72. The van der Waals surface area contributed by atoms with Crippen LogP contribution in [-0.2, 0) is 9.59 Å². The molecule has 6 nitrogen and oxygen atoms in total. The van der Waals surface area contributed by atoms with E-state index in [9.17, 15) is 19.1 Å². The monoisotopic (exact) mass is 461 g/mol. The third kappa shape index (κ3) is 4.01. The number of anilines is 1. The third-order valence-corrected chi connectivity index (χ3v) is 5.72. The van der Waals surface area contributed by atoms with Crippen LogP contribution < -0.4 is 14.4 Å². The van der Waals surface area contributed by atoms with E-state index >= 15 is 0 Å². The van der Waals surface area contributed by atoms with Gasteiger partial charge < -0.3 is 14.6 Å². The average molecular weight is 461 g/mol. The van der Waals surface area contributed by atoms with Gasteiger partial charge in [-0.25, -0.2) is 4.39 Å². The second kappa shape index (κ2) is 9.39. The highest BCUT2D eigenvalue weighted by molar-refractivity contribution is 6.51. The Morgan fingerprint density at radius 1 is 1.06 bits per heavy atom. The van der Waals surface area contributed by atoms with Crippen LogP contribution >= 0.6 is 0 Å². The first kappa shape index (κ1) is 23.0. The van der Waals surface area contributed by atoms with Gasteiger partial charge in [0, 0.05) is 22.9 Å². The Balaban J connectivity index is 1.93. The molecular formula is C27H24FNO5. The molecule has 3 aromatic carbocycles. The van der Waals surface area contributed by atoms with Gasteiger partial charge in [0.1, 0.15) is 23.1 Å². The van der Waals surface area contributed by atoms with E-state index in [1.165, 1.54) is 30.2 Å². The quantitative estimate of drug-likeness (QED) is 0.312. The summed E-state index contributed by atoms with van der Waals surface area (Å²) in [4.78, 5) is 27.6. The minimum Gasteiger partial charge on any atom is -0.507 e. The molecule has 0 aliphatic carbocycles. The molecule has 0 bridgehead atoms. The van der Waals surface area contributed by atoms with Gasteiger partial charge in [-0.15, -0.1) is 0 Å². The number of rotatable bonds is 6. The molecule has 1 N–H and O–H groups in total. The molecule has 1 unspecified atom stereocenters. The van der Waals surface area contributed by atoms with Crippen molar-refractivity contribution >= 4 is 23.1 Å². The highest BCUT2D eigenvalue weighted by Gasteiger charge is 2.47. The fourth-order valence-electron chi connectivity index (χ4n) is 4.12. The summed E-state index contributed by atoms with van der Waals surface area (Å²) in [7, 11) is 1.48. The fraction of sp³-hybridized carbons (Fsp3) is 0.185. The number of aliphatic hydroxyl groups is 1. The van der Waals surface area contributed by atoms with Crippen LogP contribution in [0.15, 0.2) is 72.3 Å². The smallest absolute Gasteiger partial charge is 0.300 e. The van der Waals surface area contributed by atoms with Crippen LogP contribution in [0.2, 0.25) is 0 Å². The SMILES string of the molecule is CCOc1ccc(/C(O)=C2\C(=O)C(=O)N(c3cccc(OC)c3)C2c2ccccc2F)cc1C. The zero-order chi connectivity index (χ0) is 24.4. The standard InChI is InChI=1S/C27H24FNO5/c1-4-34-22-13-12-17(14-16(22)2)25(30)23-24(20-10-5-6-11-21(20)28)29(27(32)26(23)31)18-8-7-9-19(15-18)33-3/h5-15,24,30H,4H2,1-3H3/b25-23+. The lowest BCUT2D eigenvalue weighted by molar-refractivity contribution is -0.132. The Labute approximate surface area is 196 Å². The van der Waals surface area contributed by atoms with E-state index in [4.69, 9.17) is 9.47 Å². The number of Topliss-reactive ketones (excluding diaryl/α,β-unsaturated/α-hetero) is 1. The molecule has 1 fully saturated rings. The van der Waals surface area contributed by atoms with E-state index in [1.807, 2.05) is 13.8 Å².